The van der Waals surface area contributed by atoms with Crippen molar-refractivity contribution in [3.05, 3.63) is 0 Å². The zero-order chi connectivity index (χ0) is 12.0. The van der Waals surface area contributed by atoms with E-state index in [-0.39, 0.29) is 11.9 Å². The van der Waals surface area contributed by atoms with Gasteiger partial charge >= 0.3 is 6.03 Å². The maximum absolute atomic E-state index is 11.7. The number of imide groups is 1. The lowest BCUT2D eigenvalue weighted by Crippen LogP contribution is -2.49. The van der Waals surface area contributed by atoms with E-state index in [9.17, 15) is 9.59 Å². The number of nitrogens with zero attached hydrogens (tertiary/aromatic N) is 1. The molecule has 0 aliphatic carbocycles. The molecule has 1 heterocycles. The molecule has 5 nitrogen and oxygen atoms in total. The number of carbonyl (C=O) groups is 2. The molecule has 1 aliphatic rings. The first-order valence-electron chi connectivity index (χ1n) is 5.91. The van der Waals surface area contributed by atoms with Gasteiger partial charge in [-0.3, -0.25) is 15.0 Å². The van der Waals surface area contributed by atoms with Gasteiger partial charge in [0.2, 0.25) is 5.91 Å². The molecule has 0 spiro atoms. The number of hydrogen-bond acceptors (Lipinski definition) is 3. The third kappa shape index (κ3) is 3.81. The van der Waals surface area contributed by atoms with E-state index in [0.29, 0.717) is 0 Å². The van der Waals surface area contributed by atoms with E-state index < -0.39 is 6.03 Å². The predicted octanol–water partition coefficient (Wildman–Crippen LogP) is 0.706. The van der Waals surface area contributed by atoms with Crippen LogP contribution in [0.2, 0.25) is 0 Å². The van der Waals surface area contributed by atoms with E-state index in [1.54, 1.807) is 0 Å². The molecular formula is C11H21N3O2. The minimum absolute atomic E-state index is 0.221. The van der Waals surface area contributed by atoms with Crippen LogP contribution in [0.3, 0.4) is 0 Å². The van der Waals surface area contributed by atoms with Crippen molar-refractivity contribution in [3.63, 3.8) is 0 Å². The van der Waals surface area contributed by atoms with Crippen LogP contribution in [-0.4, -0.2) is 43.0 Å². The van der Waals surface area contributed by atoms with Gasteiger partial charge < -0.3 is 5.32 Å². The summed E-state index contributed by atoms with van der Waals surface area (Å²) in [6.07, 6.45) is 4.75. The van der Waals surface area contributed by atoms with Gasteiger partial charge in [0.05, 0.1) is 6.04 Å². The summed E-state index contributed by atoms with van der Waals surface area (Å²) in [7, 11) is 1.50. The Morgan fingerprint density at radius 1 is 1.12 bits per heavy atom. The van der Waals surface area contributed by atoms with Crippen LogP contribution in [0.1, 0.15) is 32.6 Å². The number of hydrogen-bond donors (Lipinski definition) is 2. The van der Waals surface area contributed by atoms with Crippen LogP contribution in [0, 0.1) is 0 Å². The second-order valence-electron chi connectivity index (χ2n) is 4.19. The van der Waals surface area contributed by atoms with E-state index in [1.807, 2.05) is 6.92 Å². The van der Waals surface area contributed by atoms with Gasteiger partial charge in [0.25, 0.3) is 0 Å². The van der Waals surface area contributed by atoms with Crippen LogP contribution in [0.4, 0.5) is 4.79 Å². The number of rotatable bonds is 2. The highest BCUT2D eigenvalue weighted by atomic mass is 16.2. The second kappa shape index (κ2) is 6.48. The van der Waals surface area contributed by atoms with Crippen LogP contribution in [0.5, 0.6) is 0 Å². The van der Waals surface area contributed by atoms with Crippen molar-refractivity contribution >= 4 is 11.9 Å². The Morgan fingerprint density at radius 2 is 1.69 bits per heavy atom. The van der Waals surface area contributed by atoms with Crippen molar-refractivity contribution in [1.29, 1.82) is 0 Å². The van der Waals surface area contributed by atoms with Crippen molar-refractivity contribution < 1.29 is 9.59 Å². The fourth-order valence-electron chi connectivity index (χ4n) is 1.93. The largest absolute Gasteiger partial charge is 0.341 e. The molecular weight excluding hydrogens is 206 g/mol. The molecule has 0 radical (unpaired) electrons. The zero-order valence-electron chi connectivity index (χ0n) is 10.1. The quantitative estimate of drug-likeness (QED) is 0.730. The Kier molecular flexibility index (Phi) is 5.25. The first-order valence-corrected chi connectivity index (χ1v) is 5.91. The van der Waals surface area contributed by atoms with Crippen molar-refractivity contribution in [2.24, 2.45) is 0 Å². The summed E-state index contributed by atoms with van der Waals surface area (Å²) in [4.78, 5) is 24.9. The summed E-state index contributed by atoms with van der Waals surface area (Å²) in [5, 5.41) is 4.69. The van der Waals surface area contributed by atoms with E-state index >= 15 is 0 Å². The van der Waals surface area contributed by atoms with E-state index in [1.165, 1.54) is 19.9 Å². The fraction of sp³-hybridized carbons (Fsp3) is 0.818. The minimum Gasteiger partial charge on any atom is -0.341 e. The Labute approximate surface area is 96.6 Å². The molecule has 5 heteroatoms. The highest BCUT2D eigenvalue weighted by molar-refractivity contribution is 5.96. The molecule has 1 rings (SSSR count). The molecule has 16 heavy (non-hydrogen) atoms. The van der Waals surface area contributed by atoms with Gasteiger partial charge in [0, 0.05) is 7.05 Å². The number of nitrogens with one attached hydrogen (secondary N) is 2. The van der Waals surface area contributed by atoms with Crippen molar-refractivity contribution in [2.45, 2.75) is 38.6 Å². The molecule has 0 bridgehead atoms. The van der Waals surface area contributed by atoms with Gasteiger partial charge in [-0.2, -0.15) is 0 Å². The molecule has 92 valence electrons. The molecule has 3 amide bonds. The maximum atomic E-state index is 11.7. The van der Waals surface area contributed by atoms with Crippen molar-refractivity contribution in [2.75, 3.05) is 20.1 Å². The highest BCUT2D eigenvalue weighted by Gasteiger charge is 2.22. The summed E-state index contributed by atoms with van der Waals surface area (Å²) < 4.78 is 0. The zero-order valence-corrected chi connectivity index (χ0v) is 10.1. The van der Waals surface area contributed by atoms with E-state index in [2.05, 4.69) is 15.5 Å². The number of urea groups is 1. The lowest BCUT2D eigenvalue weighted by Gasteiger charge is -2.26. The predicted molar refractivity (Wildman–Crippen MR) is 62.1 cm³/mol. The Hall–Kier alpha value is -1.10. The standard InChI is InChI=1S/C11H21N3O2/c1-9(10(15)13-11(16)12-2)14-7-5-3-4-6-8-14/h9H,3-8H2,1-2H3,(H2,12,13,15,16). The second-order valence-corrected chi connectivity index (χ2v) is 4.19. The molecule has 1 aliphatic heterocycles. The van der Waals surface area contributed by atoms with Crippen LogP contribution in [0.15, 0.2) is 0 Å². The average molecular weight is 227 g/mol. The summed E-state index contributed by atoms with van der Waals surface area (Å²) in [5.41, 5.74) is 0. The average Bonchev–Trinajstić information content (AvgIpc) is 2.56. The van der Waals surface area contributed by atoms with Gasteiger partial charge in [0.15, 0.2) is 0 Å². The van der Waals surface area contributed by atoms with Crippen molar-refractivity contribution in [3.8, 4) is 0 Å². The lowest BCUT2D eigenvalue weighted by atomic mass is 10.2. The molecule has 0 aromatic heterocycles. The number of carbonyl (C=O) groups excluding carboxylic acids is 2. The molecule has 0 saturated carbocycles. The molecule has 1 saturated heterocycles. The van der Waals surface area contributed by atoms with Crippen molar-refractivity contribution in [1.82, 2.24) is 15.5 Å². The molecule has 2 N–H and O–H groups in total. The highest BCUT2D eigenvalue weighted by Crippen LogP contribution is 2.12. The number of likely N-dealkylation sites (tertiary alicyclic amines) is 1. The monoisotopic (exact) mass is 227 g/mol. The third-order valence-electron chi connectivity index (χ3n) is 3.03. The first-order chi connectivity index (χ1) is 7.65. The Morgan fingerprint density at radius 3 is 2.19 bits per heavy atom. The normalized spacial score (nSPS) is 19.6. The molecule has 0 aromatic carbocycles. The van der Waals surface area contributed by atoms with Gasteiger partial charge in [0.1, 0.15) is 0 Å². The van der Waals surface area contributed by atoms with Crippen LogP contribution in [0.25, 0.3) is 0 Å². The molecule has 1 unspecified atom stereocenters. The first kappa shape index (κ1) is 13.0. The third-order valence-corrected chi connectivity index (χ3v) is 3.03. The van der Waals surface area contributed by atoms with E-state index in [4.69, 9.17) is 0 Å². The molecule has 1 fully saturated rings. The van der Waals surface area contributed by atoms with Crippen LogP contribution >= 0.6 is 0 Å². The summed E-state index contributed by atoms with van der Waals surface area (Å²) in [5.74, 6) is -0.221. The minimum atomic E-state index is -0.438. The SMILES string of the molecule is CNC(=O)NC(=O)C(C)N1CCCCCC1. The summed E-state index contributed by atoms with van der Waals surface area (Å²) >= 11 is 0. The Balaban J connectivity index is 2.44. The number of amides is 3. The summed E-state index contributed by atoms with van der Waals surface area (Å²) in [6.45, 7) is 3.74. The summed E-state index contributed by atoms with van der Waals surface area (Å²) in [6, 6.07) is -0.665. The van der Waals surface area contributed by atoms with Gasteiger partial charge in [-0.1, -0.05) is 12.8 Å². The Bertz CT molecular complexity index is 248. The lowest BCUT2D eigenvalue weighted by molar-refractivity contribution is -0.124. The van der Waals surface area contributed by atoms with Gasteiger partial charge in [-0.15, -0.1) is 0 Å². The van der Waals surface area contributed by atoms with Crippen LogP contribution in [-0.2, 0) is 4.79 Å². The van der Waals surface area contributed by atoms with Crippen LogP contribution < -0.4 is 10.6 Å². The van der Waals surface area contributed by atoms with Gasteiger partial charge in [-0.05, 0) is 32.9 Å². The smallest absolute Gasteiger partial charge is 0.321 e. The molecule has 1 atom stereocenters. The topological polar surface area (TPSA) is 61.4 Å². The van der Waals surface area contributed by atoms with Gasteiger partial charge in [-0.25, -0.2) is 4.79 Å². The maximum Gasteiger partial charge on any atom is 0.321 e. The van der Waals surface area contributed by atoms with E-state index in [0.717, 1.165) is 25.9 Å². The fourth-order valence-corrected chi connectivity index (χ4v) is 1.93. The molecule has 0 aromatic rings.